The van der Waals surface area contributed by atoms with Crippen LogP contribution in [-0.4, -0.2) is 52.1 Å². The summed E-state index contributed by atoms with van der Waals surface area (Å²) >= 11 is 0. The van der Waals surface area contributed by atoms with Gasteiger partial charge in [0.25, 0.3) is 5.89 Å². The predicted octanol–water partition coefficient (Wildman–Crippen LogP) is 1.89. The molecule has 0 aromatic carbocycles. The average molecular weight is 327 g/mol. The second-order valence-electron chi connectivity index (χ2n) is 6.46. The summed E-state index contributed by atoms with van der Waals surface area (Å²) in [4.78, 5) is 25.4. The lowest BCUT2D eigenvalue weighted by Gasteiger charge is -2.24. The molecule has 0 bridgehead atoms. The van der Waals surface area contributed by atoms with E-state index >= 15 is 0 Å². The molecule has 0 N–H and O–H groups in total. The maximum Gasteiger partial charge on any atom is 0.261 e. The Labute approximate surface area is 140 Å². The monoisotopic (exact) mass is 327 g/mol. The third-order valence-corrected chi connectivity index (χ3v) is 4.58. The van der Waals surface area contributed by atoms with Gasteiger partial charge in [0, 0.05) is 38.3 Å². The highest BCUT2D eigenvalue weighted by atomic mass is 16.5. The minimum atomic E-state index is 0.281. The molecule has 1 amide bonds. The normalized spacial score (nSPS) is 18.5. The molecule has 0 spiro atoms. The van der Waals surface area contributed by atoms with Crippen molar-refractivity contribution in [2.45, 2.75) is 26.2 Å². The summed E-state index contributed by atoms with van der Waals surface area (Å²) < 4.78 is 5.32. The first-order valence-electron chi connectivity index (χ1n) is 8.52. The van der Waals surface area contributed by atoms with Gasteiger partial charge in [0.15, 0.2) is 5.82 Å². The van der Waals surface area contributed by atoms with E-state index in [0.29, 0.717) is 17.6 Å². The van der Waals surface area contributed by atoms with E-state index in [1.54, 1.807) is 13.1 Å². The Morgan fingerprint density at radius 3 is 2.88 bits per heavy atom. The Morgan fingerprint density at radius 2 is 2.12 bits per heavy atom. The van der Waals surface area contributed by atoms with Crippen molar-refractivity contribution >= 4 is 11.7 Å². The van der Waals surface area contributed by atoms with Gasteiger partial charge in [-0.15, -0.1) is 0 Å². The number of carbonyl (C=O) groups is 1. The van der Waals surface area contributed by atoms with Gasteiger partial charge in [0.2, 0.25) is 5.91 Å². The number of amides is 1. The van der Waals surface area contributed by atoms with E-state index in [2.05, 4.69) is 20.0 Å². The molecule has 4 rings (SSSR count). The van der Waals surface area contributed by atoms with E-state index in [0.717, 1.165) is 56.8 Å². The van der Waals surface area contributed by atoms with Gasteiger partial charge in [-0.25, -0.2) is 4.98 Å². The van der Waals surface area contributed by atoms with Crippen molar-refractivity contribution in [1.82, 2.24) is 20.0 Å². The van der Waals surface area contributed by atoms with Crippen molar-refractivity contribution in [2.75, 3.05) is 31.1 Å². The fraction of sp³-hybridized carbons (Fsp3) is 0.529. The molecule has 24 heavy (non-hydrogen) atoms. The van der Waals surface area contributed by atoms with E-state index in [1.165, 1.54) is 0 Å². The second-order valence-corrected chi connectivity index (χ2v) is 6.46. The van der Waals surface area contributed by atoms with Crippen molar-refractivity contribution in [3.8, 4) is 11.5 Å². The molecule has 0 unspecified atom stereocenters. The Balaban J connectivity index is 1.54. The highest BCUT2D eigenvalue weighted by molar-refractivity contribution is 5.81. The van der Waals surface area contributed by atoms with Crippen molar-refractivity contribution in [2.24, 2.45) is 5.92 Å². The van der Waals surface area contributed by atoms with Gasteiger partial charge >= 0.3 is 0 Å². The molecule has 126 valence electrons. The minimum absolute atomic E-state index is 0.281. The molecule has 1 aliphatic carbocycles. The standard InChI is InChI=1S/C17H21N5O2/c1-12-19-16(24-20-12)14-4-2-7-18-15(14)21-8-3-9-22(11-10-21)17(23)13-5-6-13/h2,4,7,13H,3,5-6,8-11H2,1H3. The van der Waals surface area contributed by atoms with Crippen LogP contribution in [0.25, 0.3) is 11.5 Å². The van der Waals surface area contributed by atoms with E-state index in [1.807, 2.05) is 17.0 Å². The topological polar surface area (TPSA) is 75.4 Å². The Bertz CT molecular complexity index is 740. The van der Waals surface area contributed by atoms with Crippen LogP contribution in [0.15, 0.2) is 22.9 Å². The summed E-state index contributed by atoms with van der Waals surface area (Å²) in [6.45, 7) is 5.01. The molecule has 2 aromatic rings. The van der Waals surface area contributed by atoms with Crippen LogP contribution >= 0.6 is 0 Å². The molecule has 2 aromatic heterocycles. The first kappa shape index (κ1) is 15.1. The molecule has 1 aliphatic heterocycles. The number of rotatable bonds is 3. The van der Waals surface area contributed by atoms with E-state index in [-0.39, 0.29) is 5.92 Å². The molecule has 7 heteroatoms. The molecule has 2 fully saturated rings. The van der Waals surface area contributed by atoms with Crippen LogP contribution in [0.5, 0.6) is 0 Å². The van der Waals surface area contributed by atoms with Crippen LogP contribution in [0.2, 0.25) is 0 Å². The van der Waals surface area contributed by atoms with Crippen molar-refractivity contribution in [3.05, 3.63) is 24.2 Å². The van der Waals surface area contributed by atoms with Crippen LogP contribution in [0, 0.1) is 12.8 Å². The summed E-state index contributed by atoms with van der Waals surface area (Å²) in [7, 11) is 0. The molecule has 1 saturated carbocycles. The Morgan fingerprint density at radius 1 is 1.25 bits per heavy atom. The number of hydrogen-bond donors (Lipinski definition) is 0. The number of nitrogens with zero attached hydrogens (tertiary/aromatic N) is 5. The maximum absolute atomic E-state index is 12.3. The van der Waals surface area contributed by atoms with Gasteiger partial charge in [-0.2, -0.15) is 4.98 Å². The van der Waals surface area contributed by atoms with Crippen molar-refractivity contribution < 1.29 is 9.32 Å². The van der Waals surface area contributed by atoms with Crippen LogP contribution in [-0.2, 0) is 4.79 Å². The number of hydrogen-bond acceptors (Lipinski definition) is 6. The smallest absolute Gasteiger partial charge is 0.261 e. The van der Waals surface area contributed by atoms with Crippen LogP contribution in [0.3, 0.4) is 0 Å². The lowest BCUT2D eigenvalue weighted by atomic mass is 10.2. The number of anilines is 1. The fourth-order valence-electron chi connectivity index (χ4n) is 3.16. The Kier molecular flexibility index (Phi) is 3.92. The quantitative estimate of drug-likeness (QED) is 0.857. The molecular weight excluding hydrogens is 306 g/mol. The Hall–Kier alpha value is -2.44. The number of pyridine rings is 1. The van der Waals surface area contributed by atoms with E-state index < -0.39 is 0 Å². The number of aryl methyl sites for hydroxylation is 1. The number of aromatic nitrogens is 3. The zero-order valence-corrected chi connectivity index (χ0v) is 13.8. The van der Waals surface area contributed by atoms with Crippen LogP contribution in [0.4, 0.5) is 5.82 Å². The second kappa shape index (κ2) is 6.22. The molecule has 0 radical (unpaired) electrons. The third-order valence-electron chi connectivity index (χ3n) is 4.58. The van der Waals surface area contributed by atoms with Crippen molar-refractivity contribution in [1.29, 1.82) is 0 Å². The largest absolute Gasteiger partial charge is 0.354 e. The summed E-state index contributed by atoms with van der Waals surface area (Å²) in [6.07, 6.45) is 4.83. The summed E-state index contributed by atoms with van der Waals surface area (Å²) in [5, 5.41) is 3.87. The number of carbonyl (C=O) groups excluding carboxylic acids is 1. The third kappa shape index (κ3) is 2.98. The zero-order valence-electron chi connectivity index (χ0n) is 13.8. The molecule has 2 aliphatic rings. The molecule has 1 saturated heterocycles. The molecular formula is C17H21N5O2. The first-order valence-corrected chi connectivity index (χ1v) is 8.52. The highest BCUT2D eigenvalue weighted by Gasteiger charge is 2.34. The van der Waals surface area contributed by atoms with Crippen LogP contribution < -0.4 is 4.90 Å². The zero-order chi connectivity index (χ0) is 16.5. The van der Waals surface area contributed by atoms with Gasteiger partial charge in [0.1, 0.15) is 5.82 Å². The van der Waals surface area contributed by atoms with E-state index in [9.17, 15) is 4.79 Å². The van der Waals surface area contributed by atoms with Gasteiger partial charge in [-0.1, -0.05) is 5.16 Å². The predicted molar refractivity (Wildman–Crippen MR) is 88.4 cm³/mol. The van der Waals surface area contributed by atoms with E-state index in [4.69, 9.17) is 4.52 Å². The lowest BCUT2D eigenvalue weighted by molar-refractivity contribution is -0.132. The van der Waals surface area contributed by atoms with Gasteiger partial charge in [0.05, 0.1) is 5.56 Å². The summed E-state index contributed by atoms with van der Waals surface area (Å²) in [6, 6.07) is 3.83. The van der Waals surface area contributed by atoms with Gasteiger partial charge in [-0.3, -0.25) is 4.79 Å². The molecule has 7 nitrogen and oxygen atoms in total. The average Bonchev–Trinajstić information content (AvgIpc) is 3.40. The lowest BCUT2D eigenvalue weighted by Crippen LogP contribution is -2.36. The SMILES string of the molecule is Cc1noc(-c2cccnc2N2CCCN(C(=O)C3CC3)CC2)n1. The highest BCUT2D eigenvalue weighted by Crippen LogP contribution is 2.32. The maximum atomic E-state index is 12.3. The molecule has 3 heterocycles. The summed E-state index contributed by atoms with van der Waals surface area (Å²) in [5.41, 5.74) is 0.847. The van der Waals surface area contributed by atoms with Gasteiger partial charge < -0.3 is 14.3 Å². The minimum Gasteiger partial charge on any atom is -0.354 e. The summed E-state index contributed by atoms with van der Waals surface area (Å²) in [5.74, 6) is 2.55. The van der Waals surface area contributed by atoms with Gasteiger partial charge in [-0.05, 0) is 38.3 Å². The first-order chi connectivity index (χ1) is 11.7. The fourth-order valence-corrected chi connectivity index (χ4v) is 3.16. The molecule has 0 atom stereocenters. The van der Waals surface area contributed by atoms with Crippen LogP contribution in [0.1, 0.15) is 25.1 Å². The van der Waals surface area contributed by atoms with Crippen molar-refractivity contribution in [3.63, 3.8) is 0 Å².